The number of nitrogens with zero attached hydrogens (tertiary/aromatic N) is 1. The number of rotatable bonds is 3. The van der Waals surface area contributed by atoms with Crippen LogP contribution in [0.2, 0.25) is 0 Å². The number of ether oxygens (including phenoxy) is 1. The second kappa shape index (κ2) is 5.50. The number of amides is 1. The molecule has 0 aromatic rings. The van der Waals surface area contributed by atoms with Gasteiger partial charge in [-0.1, -0.05) is 19.8 Å². The lowest BCUT2D eigenvalue weighted by atomic mass is 9.88. The van der Waals surface area contributed by atoms with Crippen LogP contribution in [0.15, 0.2) is 0 Å². The third-order valence-corrected chi connectivity index (χ3v) is 3.07. The number of hydrogen-bond acceptors (Lipinski definition) is 2. The van der Waals surface area contributed by atoms with Crippen LogP contribution < -0.4 is 0 Å². The van der Waals surface area contributed by atoms with Crippen LogP contribution in [0.25, 0.3) is 0 Å². The zero-order valence-corrected chi connectivity index (χ0v) is 10.3. The van der Waals surface area contributed by atoms with Gasteiger partial charge in [-0.15, -0.1) is 0 Å². The molecule has 0 bridgehead atoms. The molecule has 15 heavy (non-hydrogen) atoms. The molecule has 3 nitrogen and oxygen atoms in total. The molecule has 1 rings (SSSR count). The van der Waals surface area contributed by atoms with Gasteiger partial charge in [0, 0.05) is 14.1 Å². The second-order valence-electron chi connectivity index (χ2n) is 4.90. The molecular weight excluding hydrogens is 190 g/mol. The zero-order chi connectivity index (χ0) is 11.4. The van der Waals surface area contributed by atoms with Crippen molar-refractivity contribution in [3.05, 3.63) is 0 Å². The normalized spacial score (nSPS) is 28.5. The Bertz CT molecular complexity index is 216. The van der Waals surface area contributed by atoms with Crippen LogP contribution in [-0.4, -0.2) is 37.1 Å². The molecule has 3 unspecified atom stereocenters. The highest BCUT2D eigenvalue weighted by Gasteiger charge is 2.24. The predicted octanol–water partition coefficient (Wildman–Crippen LogP) is 2.06. The zero-order valence-electron chi connectivity index (χ0n) is 10.3. The van der Waals surface area contributed by atoms with E-state index in [9.17, 15) is 4.79 Å². The average molecular weight is 213 g/mol. The summed E-state index contributed by atoms with van der Waals surface area (Å²) in [6.45, 7) is 4.11. The second-order valence-corrected chi connectivity index (χ2v) is 4.90. The fourth-order valence-electron chi connectivity index (χ4n) is 2.21. The molecule has 0 heterocycles. The van der Waals surface area contributed by atoms with Gasteiger partial charge in [0.1, 0.15) is 6.10 Å². The minimum absolute atomic E-state index is 0.0632. The van der Waals surface area contributed by atoms with Crippen molar-refractivity contribution in [3.63, 3.8) is 0 Å². The summed E-state index contributed by atoms with van der Waals surface area (Å²) in [5.74, 6) is 0.804. The van der Waals surface area contributed by atoms with Crippen LogP contribution in [0.3, 0.4) is 0 Å². The van der Waals surface area contributed by atoms with Gasteiger partial charge in [-0.05, 0) is 25.7 Å². The monoisotopic (exact) mass is 213 g/mol. The van der Waals surface area contributed by atoms with E-state index < -0.39 is 0 Å². The number of carbonyl (C=O) groups excluding carboxylic acids is 1. The molecule has 0 N–H and O–H groups in total. The first kappa shape index (κ1) is 12.5. The lowest BCUT2D eigenvalue weighted by Crippen LogP contribution is -2.37. The van der Waals surface area contributed by atoms with Gasteiger partial charge in [0.05, 0.1) is 6.10 Å². The minimum atomic E-state index is -0.296. The Labute approximate surface area is 92.8 Å². The molecule has 1 amide bonds. The molecule has 1 saturated carbocycles. The van der Waals surface area contributed by atoms with Crippen LogP contribution in [0.4, 0.5) is 0 Å². The summed E-state index contributed by atoms with van der Waals surface area (Å²) in [7, 11) is 3.54. The van der Waals surface area contributed by atoms with Gasteiger partial charge in [-0.25, -0.2) is 0 Å². The molecule has 0 aliphatic heterocycles. The Morgan fingerprint density at radius 1 is 1.40 bits per heavy atom. The summed E-state index contributed by atoms with van der Waals surface area (Å²) >= 11 is 0. The third kappa shape index (κ3) is 3.82. The van der Waals surface area contributed by atoms with Gasteiger partial charge in [-0.3, -0.25) is 4.79 Å². The summed E-state index contributed by atoms with van der Waals surface area (Å²) in [4.78, 5) is 13.2. The largest absolute Gasteiger partial charge is 0.365 e. The molecule has 0 radical (unpaired) electrons. The lowest BCUT2D eigenvalue weighted by Gasteiger charge is -2.29. The van der Waals surface area contributed by atoms with E-state index >= 15 is 0 Å². The Morgan fingerprint density at radius 3 is 2.60 bits per heavy atom. The first-order valence-corrected chi connectivity index (χ1v) is 5.87. The highest BCUT2D eigenvalue weighted by atomic mass is 16.5. The molecule has 1 aliphatic carbocycles. The maximum Gasteiger partial charge on any atom is 0.250 e. The van der Waals surface area contributed by atoms with Crippen molar-refractivity contribution in [3.8, 4) is 0 Å². The molecule has 1 aliphatic rings. The van der Waals surface area contributed by atoms with Crippen LogP contribution in [0.5, 0.6) is 0 Å². The van der Waals surface area contributed by atoms with Crippen molar-refractivity contribution >= 4 is 5.91 Å². The highest BCUT2D eigenvalue weighted by molar-refractivity contribution is 5.79. The summed E-state index contributed by atoms with van der Waals surface area (Å²) in [6.07, 6.45) is 4.73. The molecule has 0 spiro atoms. The van der Waals surface area contributed by atoms with Crippen LogP contribution in [0.1, 0.15) is 39.5 Å². The average Bonchev–Trinajstić information content (AvgIpc) is 2.16. The van der Waals surface area contributed by atoms with E-state index in [-0.39, 0.29) is 18.1 Å². The fraction of sp³-hybridized carbons (Fsp3) is 0.917. The molecular formula is C12H23NO2. The number of hydrogen-bond donors (Lipinski definition) is 0. The summed E-state index contributed by atoms with van der Waals surface area (Å²) < 4.78 is 5.79. The summed E-state index contributed by atoms with van der Waals surface area (Å²) in [5, 5.41) is 0. The molecule has 3 heteroatoms. The maximum atomic E-state index is 11.6. The highest BCUT2D eigenvalue weighted by Crippen LogP contribution is 2.26. The van der Waals surface area contributed by atoms with Crippen LogP contribution in [0, 0.1) is 5.92 Å². The van der Waals surface area contributed by atoms with E-state index in [2.05, 4.69) is 6.92 Å². The Morgan fingerprint density at radius 2 is 2.07 bits per heavy atom. The van der Waals surface area contributed by atoms with Gasteiger partial charge in [0.2, 0.25) is 0 Å². The van der Waals surface area contributed by atoms with E-state index in [1.807, 2.05) is 6.92 Å². The van der Waals surface area contributed by atoms with Crippen LogP contribution >= 0.6 is 0 Å². The molecule has 0 saturated heterocycles. The topological polar surface area (TPSA) is 29.5 Å². The van der Waals surface area contributed by atoms with Crippen molar-refractivity contribution in [2.24, 2.45) is 5.92 Å². The van der Waals surface area contributed by atoms with Gasteiger partial charge in [-0.2, -0.15) is 0 Å². The van der Waals surface area contributed by atoms with E-state index in [1.54, 1.807) is 19.0 Å². The van der Waals surface area contributed by atoms with Crippen molar-refractivity contribution in [2.45, 2.75) is 51.7 Å². The molecule has 0 aromatic carbocycles. The van der Waals surface area contributed by atoms with Crippen molar-refractivity contribution in [1.82, 2.24) is 4.90 Å². The minimum Gasteiger partial charge on any atom is -0.365 e. The van der Waals surface area contributed by atoms with Crippen LogP contribution in [-0.2, 0) is 9.53 Å². The molecule has 1 fully saturated rings. The molecule has 0 aromatic heterocycles. The summed E-state index contributed by atoms with van der Waals surface area (Å²) in [5.41, 5.74) is 0. The SMILES string of the molecule is CC1CCCC(OC(C)C(=O)N(C)C)C1. The van der Waals surface area contributed by atoms with E-state index in [1.165, 1.54) is 12.8 Å². The Balaban J connectivity index is 2.36. The Hall–Kier alpha value is -0.570. The lowest BCUT2D eigenvalue weighted by molar-refractivity contribution is -0.145. The fourth-order valence-corrected chi connectivity index (χ4v) is 2.21. The van der Waals surface area contributed by atoms with Crippen molar-refractivity contribution in [2.75, 3.05) is 14.1 Å². The quantitative estimate of drug-likeness (QED) is 0.718. The Kier molecular flexibility index (Phi) is 4.58. The van der Waals surface area contributed by atoms with E-state index in [0.717, 1.165) is 18.8 Å². The van der Waals surface area contributed by atoms with Crippen molar-refractivity contribution in [1.29, 1.82) is 0 Å². The van der Waals surface area contributed by atoms with Gasteiger partial charge < -0.3 is 9.64 Å². The van der Waals surface area contributed by atoms with E-state index in [4.69, 9.17) is 4.74 Å². The third-order valence-electron chi connectivity index (χ3n) is 3.07. The van der Waals surface area contributed by atoms with Gasteiger partial charge in [0.25, 0.3) is 5.91 Å². The first-order valence-electron chi connectivity index (χ1n) is 5.87. The summed E-state index contributed by atoms with van der Waals surface area (Å²) in [6, 6.07) is 0. The van der Waals surface area contributed by atoms with Crippen molar-refractivity contribution < 1.29 is 9.53 Å². The van der Waals surface area contributed by atoms with E-state index in [0.29, 0.717) is 0 Å². The predicted molar refractivity (Wildman–Crippen MR) is 60.7 cm³/mol. The maximum absolute atomic E-state index is 11.6. The first-order chi connectivity index (χ1) is 7.00. The smallest absolute Gasteiger partial charge is 0.250 e. The number of carbonyl (C=O) groups is 1. The standard InChI is InChI=1S/C12H23NO2/c1-9-6-5-7-11(8-9)15-10(2)12(14)13(3)4/h9-11H,5-8H2,1-4H3. The number of likely N-dealkylation sites (N-methyl/N-ethyl adjacent to an activating group) is 1. The van der Waals surface area contributed by atoms with Gasteiger partial charge in [0.15, 0.2) is 0 Å². The molecule has 3 atom stereocenters. The molecule has 88 valence electrons. The van der Waals surface area contributed by atoms with Gasteiger partial charge >= 0.3 is 0 Å².